The van der Waals surface area contributed by atoms with Gasteiger partial charge in [0.2, 0.25) is 5.79 Å². The number of rotatable bonds is 1. The van der Waals surface area contributed by atoms with Crippen LogP contribution in [0.25, 0.3) is 0 Å². The van der Waals surface area contributed by atoms with Gasteiger partial charge in [-0.3, -0.25) is 4.79 Å². The minimum atomic E-state index is -1.63. The normalized spacial score (nSPS) is 22.9. The first-order chi connectivity index (χ1) is 9.08. The highest BCUT2D eigenvalue weighted by molar-refractivity contribution is 6.00. The number of carbonyl (C=O) groups excluding carboxylic acids is 1. The van der Waals surface area contributed by atoms with Crippen molar-refractivity contribution in [3.8, 4) is 5.75 Å². The van der Waals surface area contributed by atoms with Crippen molar-refractivity contribution in [1.29, 1.82) is 0 Å². The number of carbonyl (C=O) groups is 1. The number of ketones is 1. The molecular formula is C15H12O3. The van der Waals surface area contributed by atoms with Crippen molar-refractivity contribution in [3.05, 3.63) is 65.7 Å². The summed E-state index contributed by atoms with van der Waals surface area (Å²) in [6.07, 6.45) is -0.145. The summed E-state index contributed by atoms with van der Waals surface area (Å²) in [5.41, 5.74) is 0.900. The number of para-hydroxylation sites is 1. The van der Waals surface area contributed by atoms with Crippen LogP contribution in [0.15, 0.2) is 54.6 Å². The van der Waals surface area contributed by atoms with Crippen LogP contribution in [0.5, 0.6) is 5.75 Å². The van der Waals surface area contributed by atoms with Gasteiger partial charge in [-0.1, -0.05) is 42.4 Å². The van der Waals surface area contributed by atoms with Crippen LogP contribution in [0.3, 0.4) is 0 Å². The summed E-state index contributed by atoms with van der Waals surface area (Å²) in [6.45, 7) is 0. The standard InChI is InChI=1S/C15H12O3/c16-13-10-15(17,11-6-2-1-3-7-11)18-14-9-5-4-8-12(13)14/h1-9,17H,10H2/i4D. The van der Waals surface area contributed by atoms with Crippen molar-refractivity contribution < 1.29 is 16.0 Å². The first-order valence-electron chi connectivity index (χ1n) is 6.19. The fraction of sp³-hybridized carbons (Fsp3) is 0.133. The minimum Gasteiger partial charge on any atom is -0.457 e. The van der Waals surface area contributed by atoms with E-state index in [1.54, 1.807) is 30.3 Å². The van der Waals surface area contributed by atoms with Gasteiger partial charge < -0.3 is 9.84 Å². The molecule has 18 heavy (non-hydrogen) atoms. The molecule has 2 aromatic carbocycles. The zero-order valence-corrected chi connectivity index (χ0v) is 9.59. The monoisotopic (exact) mass is 241 g/mol. The van der Waals surface area contributed by atoms with Gasteiger partial charge in [0, 0.05) is 5.56 Å². The van der Waals surface area contributed by atoms with E-state index < -0.39 is 5.79 Å². The minimum absolute atomic E-state index is 0.145. The Morgan fingerprint density at radius 1 is 1.17 bits per heavy atom. The van der Waals surface area contributed by atoms with Crippen molar-refractivity contribution in [2.24, 2.45) is 0 Å². The maximum atomic E-state index is 12.1. The highest BCUT2D eigenvalue weighted by Crippen LogP contribution is 2.37. The molecule has 1 atom stereocenters. The van der Waals surface area contributed by atoms with Crippen molar-refractivity contribution >= 4 is 5.78 Å². The fourth-order valence-electron chi connectivity index (χ4n) is 2.11. The molecule has 2 aromatic rings. The van der Waals surface area contributed by atoms with Crippen LogP contribution in [-0.4, -0.2) is 10.9 Å². The zero-order chi connectivity index (χ0) is 13.5. The smallest absolute Gasteiger partial charge is 0.242 e. The van der Waals surface area contributed by atoms with Gasteiger partial charge in [-0.05, 0) is 12.1 Å². The van der Waals surface area contributed by atoms with E-state index >= 15 is 0 Å². The number of Topliss-reactive ketones (excluding diaryl/α,β-unsaturated/α-hetero) is 1. The average Bonchev–Trinajstić information content (AvgIpc) is 2.41. The Hall–Kier alpha value is -2.13. The lowest BCUT2D eigenvalue weighted by Crippen LogP contribution is -2.39. The molecule has 0 bridgehead atoms. The van der Waals surface area contributed by atoms with Crippen LogP contribution < -0.4 is 4.74 Å². The summed E-state index contributed by atoms with van der Waals surface area (Å²) in [7, 11) is 0. The Morgan fingerprint density at radius 3 is 2.72 bits per heavy atom. The van der Waals surface area contributed by atoms with Gasteiger partial charge in [-0.25, -0.2) is 0 Å². The van der Waals surface area contributed by atoms with E-state index in [9.17, 15) is 9.90 Å². The number of benzene rings is 2. The summed E-state index contributed by atoms with van der Waals surface area (Å²) in [5, 5.41) is 10.5. The molecule has 90 valence electrons. The molecule has 0 fully saturated rings. The maximum absolute atomic E-state index is 12.1. The zero-order valence-electron chi connectivity index (χ0n) is 10.6. The molecule has 0 spiro atoms. The summed E-state index contributed by atoms with van der Waals surface area (Å²) in [5.74, 6) is -1.53. The van der Waals surface area contributed by atoms with Crippen LogP contribution in [-0.2, 0) is 5.79 Å². The lowest BCUT2D eigenvalue weighted by atomic mass is 9.93. The number of ether oxygens (including phenoxy) is 1. The van der Waals surface area contributed by atoms with Crippen molar-refractivity contribution in [1.82, 2.24) is 0 Å². The third-order valence-electron chi connectivity index (χ3n) is 3.03. The molecule has 3 heteroatoms. The van der Waals surface area contributed by atoms with E-state index in [-0.39, 0.29) is 18.2 Å². The highest BCUT2D eigenvalue weighted by Gasteiger charge is 2.40. The predicted molar refractivity (Wildman–Crippen MR) is 66.4 cm³/mol. The van der Waals surface area contributed by atoms with Crippen LogP contribution >= 0.6 is 0 Å². The molecule has 0 radical (unpaired) electrons. The molecule has 0 saturated heterocycles. The van der Waals surface area contributed by atoms with Crippen molar-refractivity contribution in [3.63, 3.8) is 0 Å². The predicted octanol–water partition coefficient (Wildman–Crippen LogP) is 2.50. The van der Waals surface area contributed by atoms with E-state index in [0.29, 0.717) is 16.9 Å². The van der Waals surface area contributed by atoms with Gasteiger partial charge in [0.25, 0.3) is 0 Å². The molecule has 0 saturated carbocycles. The molecule has 1 aliphatic heterocycles. The second-order valence-corrected chi connectivity index (χ2v) is 4.27. The number of hydrogen-bond donors (Lipinski definition) is 1. The van der Waals surface area contributed by atoms with Gasteiger partial charge in [0.1, 0.15) is 5.75 Å². The van der Waals surface area contributed by atoms with E-state index in [4.69, 9.17) is 6.11 Å². The lowest BCUT2D eigenvalue weighted by Gasteiger charge is -2.33. The van der Waals surface area contributed by atoms with E-state index in [1.807, 2.05) is 6.07 Å². The molecule has 1 heterocycles. The SMILES string of the molecule is [2H]c1ccc2c(c1)C(=O)CC(O)(c1ccccc1)O2. The largest absolute Gasteiger partial charge is 0.457 e. The third kappa shape index (κ3) is 1.69. The molecule has 0 aromatic heterocycles. The quantitative estimate of drug-likeness (QED) is 0.834. The maximum Gasteiger partial charge on any atom is 0.242 e. The van der Waals surface area contributed by atoms with Gasteiger partial charge in [-0.2, -0.15) is 0 Å². The first-order valence-corrected chi connectivity index (χ1v) is 5.69. The summed E-state index contributed by atoms with van der Waals surface area (Å²) in [4.78, 5) is 12.1. The Labute approximate surface area is 106 Å². The topological polar surface area (TPSA) is 46.5 Å². The summed E-state index contributed by atoms with van der Waals surface area (Å²) >= 11 is 0. The first kappa shape index (κ1) is 9.85. The molecular weight excluding hydrogens is 228 g/mol. The van der Waals surface area contributed by atoms with Gasteiger partial charge >= 0.3 is 0 Å². The van der Waals surface area contributed by atoms with Crippen molar-refractivity contribution in [2.45, 2.75) is 12.2 Å². The second kappa shape index (κ2) is 3.96. The average molecular weight is 241 g/mol. The molecule has 0 aliphatic carbocycles. The number of hydrogen-bond acceptors (Lipinski definition) is 3. The second-order valence-electron chi connectivity index (χ2n) is 4.27. The van der Waals surface area contributed by atoms with E-state index in [2.05, 4.69) is 0 Å². The molecule has 3 rings (SSSR count). The lowest BCUT2D eigenvalue weighted by molar-refractivity contribution is -0.147. The third-order valence-corrected chi connectivity index (χ3v) is 3.03. The molecule has 1 N–H and O–H groups in total. The molecule has 3 nitrogen and oxygen atoms in total. The molecule has 0 amide bonds. The van der Waals surface area contributed by atoms with E-state index in [0.717, 1.165) is 0 Å². The Kier molecular flexibility index (Phi) is 2.17. The van der Waals surface area contributed by atoms with Crippen LogP contribution in [0.1, 0.15) is 23.7 Å². The molecule has 1 aliphatic rings. The van der Waals surface area contributed by atoms with Gasteiger partial charge in [-0.15, -0.1) is 0 Å². The van der Waals surface area contributed by atoms with Crippen LogP contribution in [0, 0.1) is 0 Å². The number of fused-ring (bicyclic) bond motifs is 1. The van der Waals surface area contributed by atoms with Gasteiger partial charge in [0.15, 0.2) is 5.78 Å². The van der Waals surface area contributed by atoms with Gasteiger partial charge in [0.05, 0.1) is 13.4 Å². The fourth-order valence-corrected chi connectivity index (χ4v) is 2.11. The Bertz CT molecular complexity index is 639. The highest BCUT2D eigenvalue weighted by atomic mass is 16.6. The van der Waals surface area contributed by atoms with Crippen molar-refractivity contribution in [2.75, 3.05) is 0 Å². The molecule has 1 unspecified atom stereocenters. The summed E-state index contributed by atoms with van der Waals surface area (Å²) in [6, 6.07) is 13.6. The Balaban J connectivity index is 2.06. The van der Waals surface area contributed by atoms with Crippen LogP contribution in [0.2, 0.25) is 0 Å². The summed E-state index contributed by atoms with van der Waals surface area (Å²) < 4.78 is 13.1. The Morgan fingerprint density at radius 2 is 1.94 bits per heavy atom. The van der Waals surface area contributed by atoms with Crippen LogP contribution in [0.4, 0.5) is 0 Å². The van der Waals surface area contributed by atoms with E-state index in [1.165, 1.54) is 12.1 Å². The number of aliphatic hydroxyl groups is 1.